The molecular weight excluding hydrogens is 333 g/mol. The summed E-state index contributed by atoms with van der Waals surface area (Å²) >= 11 is 0. The van der Waals surface area contributed by atoms with E-state index in [1.807, 2.05) is 18.2 Å². The fourth-order valence-electron chi connectivity index (χ4n) is 3.49. The van der Waals surface area contributed by atoms with Crippen molar-refractivity contribution in [3.8, 4) is 0 Å². The molecule has 1 amide bonds. The molecular formula is C20H24FN3O2. The molecule has 0 spiro atoms. The Hall–Kier alpha value is -2.60. The molecule has 0 aromatic heterocycles. The number of piperazine rings is 1. The van der Waals surface area contributed by atoms with Crippen molar-refractivity contribution in [2.75, 3.05) is 29.4 Å². The van der Waals surface area contributed by atoms with Gasteiger partial charge in [0.15, 0.2) is 0 Å². The van der Waals surface area contributed by atoms with Crippen LogP contribution < -0.4 is 15.5 Å². The number of carbonyl (C=O) groups excluding carboxylic acids is 1. The number of aliphatic hydroxyl groups excluding tert-OH is 1. The third kappa shape index (κ3) is 4.14. The summed E-state index contributed by atoms with van der Waals surface area (Å²) in [5.41, 5.74) is 7.63. The molecule has 1 unspecified atom stereocenters. The number of amides is 1. The number of rotatable bonds is 6. The van der Waals surface area contributed by atoms with E-state index < -0.39 is 5.82 Å². The Balaban J connectivity index is 1.83. The normalized spacial score (nSPS) is 17.4. The highest BCUT2D eigenvalue weighted by Crippen LogP contribution is 2.27. The summed E-state index contributed by atoms with van der Waals surface area (Å²) in [6.07, 6.45) is 0.933. The van der Waals surface area contributed by atoms with Crippen LogP contribution in [0.1, 0.15) is 18.4 Å². The van der Waals surface area contributed by atoms with Crippen LogP contribution in [-0.2, 0) is 11.4 Å². The van der Waals surface area contributed by atoms with E-state index in [1.165, 1.54) is 6.07 Å². The third-order valence-electron chi connectivity index (χ3n) is 4.86. The van der Waals surface area contributed by atoms with Crippen molar-refractivity contribution in [2.45, 2.75) is 25.5 Å². The summed E-state index contributed by atoms with van der Waals surface area (Å²) in [4.78, 5) is 15.8. The van der Waals surface area contributed by atoms with Crippen LogP contribution in [0.5, 0.6) is 0 Å². The topological polar surface area (TPSA) is 69.8 Å². The Morgan fingerprint density at radius 3 is 2.62 bits per heavy atom. The van der Waals surface area contributed by atoms with Gasteiger partial charge in [0.1, 0.15) is 5.82 Å². The molecule has 1 fully saturated rings. The van der Waals surface area contributed by atoms with Gasteiger partial charge in [0.25, 0.3) is 0 Å². The third-order valence-corrected chi connectivity index (χ3v) is 4.86. The monoisotopic (exact) mass is 357 g/mol. The van der Waals surface area contributed by atoms with E-state index in [0.29, 0.717) is 12.8 Å². The molecule has 1 heterocycles. The standard InChI is InChI=1S/C20H24FN3O2/c21-19-8-6-17(12-15(19)14-25)24-11-10-23(16-4-2-1-3-5-16)13-18(24)7-9-20(22)26/h1-6,8,12,18,25H,7,9-11,13-14H2,(H2,22,26). The molecule has 2 aromatic carbocycles. The molecule has 6 heteroatoms. The summed E-state index contributed by atoms with van der Waals surface area (Å²) in [6, 6.07) is 15.0. The number of hydrogen-bond acceptors (Lipinski definition) is 4. The number of hydrogen-bond donors (Lipinski definition) is 2. The van der Waals surface area contributed by atoms with Gasteiger partial charge in [0, 0.05) is 49.0 Å². The molecule has 1 aliphatic rings. The van der Waals surface area contributed by atoms with Gasteiger partial charge >= 0.3 is 0 Å². The fraction of sp³-hybridized carbons (Fsp3) is 0.350. The quantitative estimate of drug-likeness (QED) is 0.832. The maximum absolute atomic E-state index is 13.7. The molecule has 5 nitrogen and oxygen atoms in total. The zero-order valence-electron chi connectivity index (χ0n) is 14.6. The zero-order chi connectivity index (χ0) is 18.5. The molecule has 0 radical (unpaired) electrons. The van der Waals surface area contributed by atoms with Crippen molar-refractivity contribution < 1.29 is 14.3 Å². The van der Waals surface area contributed by atoms with Crippen molar-refractivity contribution in [1.82, 2.24) is 0 Å². The van der Waals surface area contributed by atoms with E-state index in [2.05, 4.69) is 21.9 Å². The number of benzene rings is 2. The number of anilines is 2. The maximum atomic E-state index is 13.7. The summed E-state index contributed by atoms with van der Waals surface area (Å²) in [7, 11) is 0. The number of primary amides is 1. The molecule has 1 aliphatic heterocycles. The lowest BCUT2D eigenvalue weighted by atomic mass is 10.0. The highest BCUT2D eigenvalue weighted by molar-refractivity contribution is 5.73. The molecule has 3 N–H and O–H groups in total. The second kappa shape index (κ2) is 8.19. The number of nitrogens with two attached hydrogens (primary N) is 1. The van der Waals surface area contributed by atoms with Gasteiger partial charge in [-0.05, 0) is 36.8 Å². The van der Waals surface area contributed by atoms with Gasteiger partial charge in [-0.2, -0.15) is 0 Å². The van der Waals surface area contributed by atoms with E-state index in [9.17, 15) is 14.3 Å². The first-order valence-corrected chi connectivity index (χ1v) is 8.82. The minimum atomic E-state index is -0.409. The molecule has 0 aliphatic carbocycles. The van der Waals surface area contributed by atoms with Crippen LogP contribution in [0.2, 0.25) is 0 Å². The Bertz CT molecular complexity index is 754. The Kier molecular flexibility index (Phi) is 5.73. The average Bonchev–Trinajstić information content (AvgIpc) is 2.67. The van der Waals surface area contributed by atoms with E-state index >= 15 is 0 Å². The molecule has 138 valence electrons. The minimum absolute atomic E-state index is 0.0773. The molecule has 26 heavy (non-hydrogen) atoms. The predicted octanol–water partition coefficient (Wildman–Crippen LogP) is 2.28. The Morgan fingerprint density at radius 2 is 1.92 bits per heavy atom. The zero-order valence-corrected chi connectivity index (χ0v) is 14.6. The summed E-state index contributed by atoms with van der Waals surface area (Å²) in [6.45, 7) is 1.98. The number of aliphatic hydroxyl groups is 1. The molecule has 1 saturated heterocycles. The predicted molar refractivity (Wildman–Crippen MR) is 101 cm³/mol. The number of para-hydroxylation sites is 1. The fourth-order valence-corrected chi connectivity index (χ4v) is 3.49. The SMILES string of the molecule is NC(=O)CCC1CN(c2ccccc2)CCN1c1ccc(F)c(CO)c1. The van der Waals surface area contributed by atoms with Gasteiger partial charge in [-0.3, -0.25) is 4.79 Å². The van der Waals surface area contributed by atoms with Crippen molar-refractivity contribution in [2.24, 2.45) is 5.73 Å². The van der Waals surface area contributed by atoms with Crippen molar-refractivity contribution in [3.05, 3.63) is 59.9 Å². The Labute approximate surface area is 152 Å². The van der Waals surface area contributed by atoms with Gasteiger partial charge in [0.2, 0.25) is 5.91 Å². The Morgan fingerprint density at radius 1 is 1.15 bits per heavy atom. The number of carbonyl (C=O) groups is 1. The lowest BCUT2D eigenvalue weighted by Gasteiger charge is -2.44. The van der Waals surface area contributed by atoms with E-state index in [-0.39, 0.29) is 24.1 Å². The highest BCUT2D eigenvalue weighted by Gasteiger charge is 2.28. The molecule has 3 rings (SSSR count). The van der Waals surface area contributed by atoms with Crippen molar-refractivity contribution in [3.63, 3.8) is 0 Å². The molecule has 1 atom stereocenters. The minimum Gasteiger partial charge on any atom is -0.392 e. The number of halogens is 1. The van der Waals surface area contributed by atoms with Gasteiger partial charge in [0.05, 0.1) is 6.61 Å². The van der Waals surface area contributed by atoms with Gasteiger partial charge in [-0.15, -0.1) is 0 Å². The van der Waals surface area contributed by atoms with Crippen LogP contribution in [0.3, 0.4) is 0 Å². The maximum Gasteiger partial charge on any atom is 0.217 e. The van der Waals surface area contributed by atoms with Crippen molar-refractivity contribution in [1.29, 1.82) is 0 Å². The van der Waals surface area contributed by atoms with Gasteiger partial charge < -0.3 is 20.6 Å². The van der Waals surface area contributed by atoms with Crippen LogP contribution in [-0.4, -0.2) is 36.7 Å². The van der Waals surface area contributed by atoms with E-state index in [1.54, 1.807) is 12.1 Å². The van der Waals surface area contributed by atoms with Crippen LogP contribution in [0.4, 0.5) is 15.8 Å². The average molecular weight is 357 g/mol. The van der Waals surface area contributed by atoms with Gasteiger partial charge in [-0.25, -0.2) is 4.39 Å². The largest absolute Gasteiger partial charge is 0.392 e. The molecule has 2 aromatic rings. The van der Waals surface area contributed by atoms with Crippen molar-refractivity contribution >= 4 is 17.3 Å². The number of nitrogens with zero attached hydrogens (tertiary/aromatic N) is 2. The van der Waals surface area contributed by atoms with Gasteiger partial charge in [-0.1, -0.05) is 18.2 Å². The lowest BCUT2D eigenvalue weighted by molar-refractivity contribution is -0.118. The van der Waals surface area contributed by atoms with Crippen LogP contribution in [0.15, 0.2) is 48.5 Å². The highest BCUT2D eigenvalue weighted by atomic mass is 19.1. The second-order valence-electron chi connectivity index (χ2n) is 6.57. The smallest absolute Gasteiger partial charge is 0.217 e. The molecule has 0 saturated carbocycles. The van der Waals surface area contributed by atoms with Crippen LogP contribution >= 0.6 is 0 Å². The first kappa shape index (κ1) is 18.2. The first-order valence-electron chi connectivity index (χ1n) is 8.82. The summed E-state index contributed by atoms with van der Waals surface area (Å²) in [5.74, 6) is -0.732. The summed E-state index contributed by atoms with van der Waals surface area (Å²) in [5, 5.41) is 9.35. The van der Waals surface area contributed by atoms with Crippen LogP contribution in [0.25, 0.3) is 0 Å². The van der Waals surface area contributed by atoms with E-state index in [0.717, 1.165) is 31.0 Å². The lowest BCUT2D eigenvalue weighted by Crippen LogP contribution is -2.53. The first-order chi connectivity index (χ1) is 12.6. The van der Waals surface area contributed by atoms with E-state index in [4.69, 9.17) is 5.73 Å². The summed E-state index contributed by atoms with van der Waals surface area (Å²) < 4.78 is 13.7. The second-order valence-corrected chi connectivity index (χ2v) is 6.57. The molecule has 0 bridgehead atoms. The van der Waals surface area contributed by atoms with Crippen LogP contribution in [0, 0.1) is 5.82 Å².